The summed E-state index contributed by atoms with van der Waals surface area (Å²) in [7, 11) is 0.261. The molecule has 11 heteroatoms. The van der Waals surface area contributed by atoms with Crippen LogP contribution in [0.25, 0.3) is 0 Å². The van der Waals surface area contributed by atoms with Crippen LogP contribution in [0.4, 0.5) is 17.5 Å². The number of anilines is 3. The Morgan fingerprint density at radius 1 is 1.30 bits per heavy atom. The molecule has 0 aliphatic carbocycles. The van der Waals surface area contributed by atoms with Gasteiger partial charge in [-0.1, -0.05) is 6.07 Å². The van der Waals surface area contributed by atoms with Crippen LogP contribution in [-0.4, -0.2) is 68.2 Å². The minimum atomic E-state index is -3.63. The number of benzene rings is 1. The number of nitrogens with one attached hydrogen (secondary N) is 3. The largest absolute Gasteiger partial charge is 0.394 e. The fourth-order valence-electron chi connectivity index (χ4n) is 2.58. The SMILES string of the molecule is Cc1ccc(Nc2ncc(Br)c(N[C@H](C)CO)n2)cc1S(=O)(=O)NCCCN(C)C. The first kappa shape index (κ1) is 24.5. The van der Waals surface area contributed by atoms with Crippen LogP contribution >= 0.6 is 15.9 Å². The number of aliphatic hydroxyl groups is 1. The molecule has 2 aromatic rings. The highest BCUT2D eigenvalue weighted by atomic mass is 79.9. The summed E-state index contributed by atoms with van der Waals surface area (Å²) in [6.07, 6.45) is 2.30. The smallest absolute Gasteiger partial charge is 0.240 e. The molecule has 1 atom stereocenters. The average Bonchev–Trinajstić information content (AvgIpc) is 2.69. The summed E-state index contributed by atoms with van der Waals surface area (Å²) < 4.78 is 28.8. The van der Waals surface area contributed by atoms with E-state index in [1.54, 1.807) is 31.3 Å². The molecule has 0 aliphatic rings. The molecule has 30 heavy (non-hydrogen) atoms. The molecule has 0 unspecified atom stereocenters. The topological polar surface area (TPSA) is 119 Å². The molecule has 0 saturated carbocycles. The number of halogens is 1. The Kier molecular flexibility index (Phi) is 8.98. The molecule has 0 saturated heterocycles. The van der Waals surface area contributed by atoms with E-state index in [0.29, 0.717) is 34.0 Å². The van der Waals surface area contributed by atoms with Crippen molar-refractivity contribution >= 4 is 43.4 Å². The molecular formula is C19H29BrN6O3S. The van der Waals surface area contributed by atoms with Crippen LogP contribution < -0.4 is 15.4 Å². The number of hydrogen-bond donors (Lipinski definition) is 4. The molecule has 1 aromatic heterocycles. The molecule has 0 spiro atoms. The molecule has 4 N–H and O–H groups in total. The van der Waals surface area contributed by atoms with Crippen molar-refractivity contribution in [1.29, 1.82) is 0 Å². The highest BCUT2D eigenvalue weighted by Crippen LogP contribution is 2.25. The van der Waals surface area contributed by atoms with Gasteiger partial charge in [-0.15, -0.1) is 0 Å². The molecule has 1 heterocycles. The van der Waals surface area contributed by atoms with E-state index in [4.69, 9.17) is 0 Å². The Balaban J connectivity index is 2.18. The molecule has 0 fully saturated rings. The lowest BCUT2D eigenvalue weighted by atomic mass is 10.2. The Labute approximate surface area is 186 Å². The monoisotopic (exact) mass is 500 g/mol. The maximum Gasteiger partial charge on any atom is 0.240 e. The zero-order valence-electron chi connectivity index (χ0n) is 17.6. The van der Waals surface area contributed by atoms with Crippen LogP contribution in [0.5, 0.6) is 0 Å². The molecule has 0 radical (unpaired) electrons. The number of rotatable bonds is 11. The minimum Gasteiger partial charge on any atom is -0.394 e. The number of nitrogens with zero attached hydrogens (tertiary/aromatic N) is 3. The van der Waals surface area contributed by atoms with Crippen molar-refractivity contribution in [3.8, 4) is 0 Å². The van der Waals surface area contributed by atoms with Gasteiger partial charge in [0.15, 0.2) is 0 Å². The van der Waals surface area contributed by atoms with Crippen molar-refractivity contribution in [3.05, 3.63) is 34.4 Å². The Morgan fingerprint density at radius 3 is 2.70 bits per heavy atom. The van der Waals surface area contributed by atoms with Gasteiger partial charge in [-0.2, -0.15) is 4.98 Å². The first-order valence-corrected chi connectivity index (χ1v) is 11.8. The highest BCUT2D eigenvalue weighted by Gasteiger charge is 2.17. The van der Waals surface area contributed by atoms with Gasteiger partial charge in [0.1, 0.15) is 5.82 Å². The molecule has 1 aromatic carbocycles. The highest BCUT2D eigenvalue weighted by molar-refractivity contribution is 9.10. The molecule has 9 nitrogen and oxygen atoms in total. The van der Waals surface area contributed by atoms with Gasteiger partial charge in [-0.3, -0.25) is 0 Å². The summed E-state index contributed by atoms with van der Waals surface area (Å²) in [5, 5.41) is 15.3. The van der Waals surface area contributed by atoms with Crippen molar-refractivity contribution in [2.45, 2.75) is 31.2 Å². The van der Waals surface area contributed by atoms with Gasteiger partial charge in [0, 0.05) is 24.5 Å². The van der Waals surface area contributed by atoms with Crippen molar-refractivity contribution in [1.82, 2.24) is 19.6 Å². The fraction of sp³-hybridized carbons (Fsp3) is 0.474. The number of aryl methyl sites for hydroxylation is 1. The van der Waals surface area contributed by atoms with E-state index in [1.165, 1.54) is 0 Å². The van der Waals surface area contributed by atoms with E-state index in [0.717, 1.165) is 13.0 Å². The van der Waals surface area contributed by atoms with Gasteiger partial charge in [-0.25, -0.2) is 18.1 Å². The lowest BCUT2D eigenvalue weighted by molar-refractivity contribution is 0.281. The lowest BCUT2D eigenvalue weighted by Gasteiger charge is -2.15. The number of aromatic nitrogens is 2. The van der Waals surface area contributed by atoms with E-state index in [-0.39, 0.29) is 17.5 Å². The molecule has 2 rings (SSSR count). The third kappa shape index (κ3) is 7.17. The van der Waals surface area contributed by atoms with Crippen molar-refractivity contribution < 1.29 is 13.5 Å². The fourth-order valence-corrected chi connectivity index (χ4v) is 4.23. The minimum absolute atomic E-state index is 0.0417. The molecular weight excluding hydrogens is 472 g/mol. The Bertz CT molecular complexity index is 955. The van der Waals surface area contributed by atoms with Crippen LogP contribution in [0.15, 0.2) is 33.8 Å². The van der Waals surface area contributed by atoms with E-state index >= 15 is 0 Å². The maximum atomic E-state index is 12.7. The zero-order valence-corrected chi connectivity index (χ0v) is 20.0. The Hall–Kier alpha value is -1.79. The van der Waals surface area contributed by atoms with Crippen LogP contribution in [0.2, 0.25) is 0 Å². The van der Waals surface area contributed by atoms with Crippen molar-refractivity contribution in [3.63, 3.8) is 0 Å². The van der Waals surface area contributed by atoms with Gasteiger partial charge in [-0.05, 0) is 74.5 Å². The Morgan fingerprint density at radius 2 is 2.03 bits per heavy atom. The van der Waals surface area contributed by atoms with Gasteiger partial charge in [0.05, 0.1) is 16.0 Å². The van der Waals surface area contributed by atoms with Gasteiger partial charge in [0.25, 0.3) is 0 Å². The van der Waals surface area contributed by atoms with Gasteiger partial charge >= 0.3 is 0 Å². The standard InChI is InChI=1S/C19H29BrN6O3S/c1-13-6-7-15(10-17(13)30(28,29)22-8-5-9-26(3)4)24-19-21-11-16(20)18(25-19)23-14(2)12-27/h6-7,10-11,14,22,27H,5,8-9,12H2,1-4H3,(H2,21,23,24,25)/t14-/m1/s1. The summed E-state index contributed by atoms with van der Waals surface area (Å²) in [4.78, 5) is 10.8. The van der Waals surface area contributed by atoms with Crippen LogP contribution in [0.1, 0.15) is 18.9 Å². The summed E-state index contributed by atoms with van der Waals surface area (Å²) in [6, 6.07) is 4.90. The second-order valence-electron chi connectivity index (χ2n) is 7.28. The quantitative estimate of drug-likeness (QED) is 0.347. The number of hydrogen-bond acceptors (Lipinski definition) is 8. The predicted molar refractivity (Wildman–Crippen MR) is 123 cm³/mol. The zero-order chi connectivity index (χ0) is 22.3. The van der Waals surface area contributed by atoms with E-state index in [1.807, 2.05) is 25.9 Å². The molecule has 166 valence electrons. The van der Waals surface area contributed by atoms with Crippen molar-refractivity contribution in [2.24, 2.45) is 0 Å². The van der Waals surface area contributed by atoms with Crippen molar-refractivity contribution in [2.75, 3.05) is 44.4 Å². The van der Waals surface area contributed by atoms with Gasteiger partial charge < -0.3 is 20.6 Å². The third-order valence-corrected chi connectivity index (χ3v) is 6.39. The molecule has 0 bridgehead atoms. The number of sulfonamides is 1. The molecule has 0 aliphatic heterocycles. The predicted octanol–water partition coefficient (Wildman–Crippen LogP) is 2.31. The third-order valence-electron chi connectivity index (χ3n) is 4.21. The van der Waals surface area contributed by atoms with Crippen LogP contribution in [-0.2, 0) is 10.0 Å². The summed E-state index contributed by atoms with van der Waals surface area (Å²) in [6.45, 7) is 4.71. The van der Waals surface area contributed by atoms with E-state index in [2.05, 4.69) is 41.3 Å². The van der Waals surface area contributed by atoms with Gasteiger partial charge in [0.2, 0.25) is 16.0 Å². The summed E-state index contributed by atoms with van der Waals surface area (Å²) >= 11 is 3.37. The lowest BCUT2D eigenvalue weighted by Crippen LogP contribution is -2.27. The van der Waals surface area contributed by atoms with E-state index < -0.39 is 10.0 Å². The normalized spacial score (nSPS) is 12.8. The van der Waals surface area contributed by atoms with Crippen LogP contribution in [0.3, 0.4) is 0 Å². The van der Waals surface area contributed by atoms with E-state index in [9.17, 15) is 13.5 Å². The summed E-state index contributed by atoms with van der Waals surface area (Å²) in [5.41, 5.74) is 1.20. The first-order chi connectivity index (χ1) is 14.1. The van der Waals surface area contributed by atoms with Crippen LogP contribution in [0, 0.1) is 6.92 Å². The second kappa shape index (κ2) is 11.0. The second-order valence-corrected chi connectivity index (χ2v) is 9.87. The number of aliphatic hydroxyl groups excluding tert-OH is 1. The first-order valence-electron chi connectivity index (χ1n) is 9.54. The average molecular weight is 501 g/mol. The summed E-state index contributed by atoms with van der Waals surface area (Å²) in [5.74, 6) is 0.827. The maximum absolute atomic E-state index is 12.7. The molecule has 0 amide bonds.